The van der Waals surface area contributed by atoms with E-state index in [1.165, 1.54) is 0 Å². The van der Waals surface area contributed by atoms with Gasteiger partial charge in [0.25, 0.3) is 0 Å². The van der Waals surface area contributed by atoms with Crippen LogP contribution in [0, 0.1) is 0 Å². The van der Waals surface area contributed by atoms with Gasteiger partial charge in [0.2, 0.25) is 0 Å². The molecule has 0 saturated heterocycles. The Kier molecular flexibility index (Phi) is 2.73. The Morgan fingerprint density at radius 3 is 3.14 bits per heavy atom. The zero-order chi connectivity index (χ0) is 10.1. The van der Waals surface area contributed by atoms with Gasteiger partial charge in [0.05, 0.1) is 0 Å². The summed E-state index contributed by atoms with van der Waals surface area (Å²) in [4.78, 5) is 3.99. The first-order chi connectivity index (χ1) is 6.70. The number of hydrogen-bond donors (Lipinski definition) is 3. The predicted octanol–water partition coefficient (Wildman–Crippen LogP) is 1.69. The van der Waals surface area contributed by atoms with Crippen LogP contribution in [0.3, 0.4) is 0 Å². The van der Waals surface area contributed by atoms with Crippen LogP contribution in [-0.4, -0.2) is 11.1 Å². The largest absolute Gasteiger partial charge is 0.364 e. The Labute approximate surface area is 94.6 Å². The van der Waals surface area contributed by atoms with Crippen LogP contribution in [-0.2, 0) is 0 Å². The molecular formula is C8H8BrClN4. The number of pyridine rings is 1. The summed E-state index contributed by atoms with van der Waals surface area (Å²) < 4.78 is 0.927. The first-order valence-electron chi connectivity index (χ1n) is 3.96. The van der Waals surface area contributed by atoms with E-state index in [0.717, 1.165) is 15.7 Å². The van der Waals surface area contributed by atoms with Gasteiger partial charge >= 0.3 is 0 Å². The maximum Gasteiger partial charge on any atom is 0.131 e. The number of hydrazine groups is 1. The third kappa shape index (κ3) is 1.76. The number of hydrogen-bond acceptors (Lipinski definition) is 4. The van der Waals surface area contributed by atoms with Crippen LogP contribution in [0.25, 0.3) is 6.08 Å². The average Bonchev–Trinajstić information content (AvgIpc) is 2.17. The van der Waals surface area contributed by atoms with Crippen LogP contribution in [0.1, 0.15) is 5.56 Å². The number of nitrogens with two attached hydrogens (primary N) is 1. The van der Waals surface area contributed by atoms with Crippen LogP contribution in [0.5, 0.6) is 0 Å². The monoisotopic (exact) mass is 274 g/mol. The van der Waals surface area contributed by atoms with Crippen LogP contribution in [0.2, 0.25) is 5.15 Å². The van der Waals surface area contributed by atoms with Crippen LogP contribution in [0.4, 0.5) is 5.69 Å². The Morgan fingerprint density at radius 1 is 1.64 bits per heavy atom. The second-order valence-corrected chi connectivity index (χ2v) is 4.17. The molecule has 0 amide bonds. The van der Waals surface area contributed by atoms with Gasteiger partial charge in [-0.15, -0.1) is 0 Å². The van der Waals surface area contributed by atoms with E-state index in [4.69, 9.17) is 17.4 Å². The molecule has 0 bridgehead atoms. The Bertz CT molecular complexity index is 393. The molecule has 14 heavy (non-hydrogen) atoms. The summed E-state index contributed by atoms with van der Waals surface area (Å²) in [6.45, 7) is 0. The van der Waals surface area contributed by atoms with Gasteiger partial charge in [-0.25, -0.2) is 10.4 Å². The van der Waals surface area contributed by atoms with Crippen molar-refractivity contribution in [3.05, 3.63) is 27.5 Å². The fraction of sp³-hybridized carbons (Fsp3) is 0.125. The zero-order valence-corrected chi connectivity index (χ0v) is 9.43. The summed E-state index contributed by atoms with van der Waals surface area (Å²) in [5.41, 5.74) is 4.52. The van der Waals surface area contributed by atoms with E-state index in [-0.39, 0.29) is 6.17 Å². The van der Waals surface area contributed by atoms with Crippen molar-refractivity contribution >= 4 is 39.3 Å². The molecule has 4 nitrogen and oxygen atoms in total. The number of halogens is 2. The lowest BCUT2D eigenvalue weighted by molar-refractivity contribution is 0.674. The molecule has 1 aromatic heterocycles. The van der Waals surface area contributed by atoms with E-state index in [1.54, 1.807) is 12.3 Å². The van der Waals surface area contributed by atoms with Gasteiger partial charge in [-0.3, -0.25) is 5.84 Å². The van der Waals surface area contributed by atoms with E-state index in [1.807, 2.05) is 6.08 Å². The fourth-order valence-electron chi connectivity index (χ4n) is 1.26. The molecule has 1 atom stereocenters. The van der Waals surface area contributed by atoms with Gasteiger partial charge in [0.15, 0.2) is 0 Å². The molecule has 6 heteroatoms. The summed E-state index contributed by atoms with van der Waals surface area (Å²) in [5, 5.41) is 3.62. The standard InChI is InChI=1S/C8H8BrClN4/c9-5-1-4-3-12-7(10)2-6(4)13-8(5)14-11/h1-3,8,13-14H,11H2. The molecule has 1 aromatic rings. The summed E-state index contributed by atoms with van der Waals surface area (Å²) in [7, 11) is 0. The number of anilines is 1. The lowest BCUT2D eigenvalue weighted by Gasteiger charge is -2.24. The normalized spacial score (nSPS) is 19.6. The molecule has 74 valence electrons. The predicted molar refractivity (Wildman–Crippen MR) is 60.9 cm³/mol. The van der Waals surface area contributed by atoms with Crippen molar-refractivity contribution in [2.75, 3.05) is 5.32 Å². The maximum atomic E-state index is 5.77. The van der Waals surface area contributed by atoms with Gasteiger partial charge in [-0.1, -0.05) is 27.5 Å². The lowest BCUT2D eigenvalue weighted by Crippen LogP contribution is -2.42. The molecule has 2 heterocycles. The van der Waals surface area contributed by atoms with Gasteiger partial charge in [0.1, 0.15) is 11.3 Å². The SMILES string of the molecule is NNC1Nc2cc(Cl)ncc2C=C1Br. The summed E-state index contributed by atoms with van der Waals surface area (Å²) in [5.74, 6) is 5.36. The second kappa shape index (κ2) is 3.86. The molecule has 0 aromatic carbocycles. The molecule has 0 fully saturated rings. The molecule has 4 N–H and O–H groups in total. The Hall–Kier alpha value is -0.620. The zero-order valence-electron chi connectivity index (χ0n) is 7.09. The Morgan fingerprint density at radius 2 is 2.43 bits per heavy atom. The number of aromatic nitrogens is 1. The first-order valence-corrected chi connectivity index (χ1v) is 5.13. The second-order valence-electron chi connectivity index (χ2n) is 2.87. The minimum Gasteiger partial charge on any atom is -0.364 e. The van der Waals surface area contributed by atoms with E-state index < -0.39 is 0 Å². The topological polar surface area (TPSA) is 63.0 Å². The van der Waals surface area contributed by atoms with Crippen molar-refractivity contribution in [3.8, 4) is 0 Å². The highest BCUT2D eigenvalue weighted by atomic mass is 79.9. The molecule has 0 spiro atoms. The fourth-order valence-corrected chi connectivity index (χ4v) is 1.91. The molecule has 1 unspecified atom stereocenters. The minimum absolute atomic E-state index is 0.124. The summed E-state index contributed by atoms with van der Waals surface area (Å²) in [6, 6.07) is 1.76. The molecule has 1 aliphatic rings. The van der Waals surface area contributed by atoms with Crippen molar-refractivity contribution in [3.63, 3.8) is 0 Å². The summed E-state index contributed by atoms with van der Waals surface area (Å²) in [6.07, 6.45) is 3.53. The molecule has 0 aliphatic carbocycles. The van der Waals surface area contributed by atoms with Gasteiger partial charge in [0, 0.05) is 21.9 Å². The molecule has 0 radical (unpaired) electrons. The number of rotatable bonds is 1. The Balaban J connectivity index is 2.43. The van der Waals surface area contributed by atoms with Gasteiger partial charge < -0.3 is 5.32 Å². The number of nitrogens with zero attached hydrogens (tertiary/aromatic N) is 1. The van der Waals surface area contributed by atoms with Crippen molar-refractivity contribution in [2.24, 2.45) is 5.84 Å². The van der Waals surface area contributed by atoms with Gasteiger partial charge in [-0.05, 0) is 12.1 Å². The molecule has 1 aliphatic heterocycles. The maximum absolute atomic E-state index is 5.77. The highest BCUT2D eigenvalue weighted by Gasteiger charge is 2.17. The molecule has 0 saturated carbocycles. The van der Waals surface area contributed by atoms with Crippen molar-refractivity contribution < 1.29 is 0 Å². The van der Waals surface area contributed by atoms with Crippen LogP contribution >= 0.6 is 27.5 Å². The number of fused-ring (bicyclic) bond motifs is 1. The van der Waals surface area contributed by atoms with Crippen LogP contribution in [0.15, 0.2) is 16.7 Å². The molecular weight excluding hydrogens is 267 g/mol. The van der Waals surface area contributed by atoms with Crippen molar-refractivity contribution in [1.82, 2.24) is 10.4 Å². The third-order valence-electron chi connectivity index (χ3n) is 1.94. The van der Waals surface area contributed by atoms with E-state index in [0.29, 0.717) is 5.15 Å². The lowest BCUT2D eigenvalue weighted by atomic mass is 10.1. The smallest absolute Gasteiger partial charge is 0.131 e. The summed E-state index contributed by atoms with van der Waals surface area (Å²) >= 11 is 9.17. The minimum atomic E-state index is -0.124. The first kappa shape index (κ1) is 9.92. The van der Waals surface area contributed by atoms with Crippen molar-refractivity contribution in [2.45, 2.75) is 6.17 Å². The average molecular weight is 276 g/mol. The quantitative estimate of drug-likeness (QED) is 0.415. The molecule has 2 rings (SSSR count). The highest BCUT2D eigenvalue weighted by molar-refractivity contribution is 9.11. The van der Waals surface area contributed by atoms with Gasteiger partial charge in [-0.2, -0.15) is 0 Å². The van der Waals surface area contributed by atoms with E-state index in [9.17, 15) is 0 Å². The van der Waals surface area contributed by atoms with Crippen molar-refractivity contribution in [1.29, 1.82) is 0 Å². The van der Waals surface area contributed by atoms with E-state index >= 15 is 0 Å². The highest BCUT2D eigenvalue weighted by Crippen LogP contribution is 2.29. The number of nitrogens with one attached hydrogen (secondary N) is 2. The van der Waals surface area contributed by atoms with Crippen LogP contribution < -0.4 is 16.6 Å². The van der Waals surface area contributed by atoms with E-state index in [2.05, 4.69) is 31.7 Å². The third-order valence-corrected chi connectivity index (χ3v) is 2.83.